The smallest absolute Gasteiger partial charge is 0.308 e. The molecule has 3 aliphatic rings. The number of hydrogen-bond acceptors (Lipinski definition) is 4. The Morgan fingerprint density at radius 1 is 1.08 bits per heavy atom. The number of esters is 1. The normalized spacial score (nSPS) is 26.2. The number of carbonyl (C=O) groups excluding carboxylic acids is 2. The van der Waals surface area contributed by atoms with Crippen molar-refractivity contribution in [3.63, 3.8) is 0 Å². The molecule has 1 N–H and O–H groups in total. The van der Waals surface area contributed by atoms with E-state index < -0.39 is 0 Å². The van der Waals surface area contributed by atoms with Gasteiger partial charge in [0.2, 0.25) is 5.91 Å². The number of likely N-dealkylation sites (tertiary alicyclic amines) is 1. The van der Waals surface area contributed by atoms with E-state index in [1.807, 2.05) is 24.3 Å². The summed E-state index contributed by atoms with van der Waals surface area (Å²) in [4.78, 5) is 27.2. The van der Waals surface area contributed by atoms with Gasteiger partial charge in [0.25, 0.3) is 0 Å². The molecule has 5 nitrogen and oxygen atoms in total. The second-order valence-electron chi connectivity index (χ2n) is 10.9. The molecule has 2 aromatic carbocycles. The van der Waals surface area contributed by atoms with Crippen LogP contribution in [-0.4, -0.2) is 42.5 Å². The first-order valence-electron chi connectivity index (χ1n) is 13.1. The number of piperidine rings is 1. The van der Waals surface area contributed by atoms with E-state index in [0.29, 0.717) is 21.7 Å². The molecule has 0 unspecified atom stereocenters. The Hall–Kier alpha value is -2.08. The first-order chi connectivity index (χ1) is 17.3. The van der Waals surface area contributed by atoms with Crippen molar-refractivity contribution in [1.29, 1.82) is 0 Å². The summed E-state index contributed by atoms with van der Waals surface area (Å²) in [6, 6.07) is 13.5. The molecule has 36 heavy (non-hydrogen) atoms. The number of ether oxygens (including phenoxy) is 1. The van der Waals surface area contributed by atoms with E-state index in [2.05, 4.69) is 16.3 Å². The predicted molar refractivity (Wildman–Crippen MR) is 143 cm³/mol. The lowest BCUT2D eigenvalue weighted by Crippen LogP contribution is -2.56. The van der Waals surface area contributed by atoms with Gasteiger partial charge >= 0.3 is 5.97 Å². The van der Waals surface area contributed by atoms with E-state index in [9.17, 15) is 9.59 Å². The number of benzene rings is 2. The molecule has 192 valence electrons. The number of amides is 1. The zero-order valence-corrected chi connectivity index (χ0v) is 22.3. The molecule has 3 atom stereocenters. The van der Waals surface area contributed by atoms with Gasteiger partial charge in [0.1, 0.15) is 5.75 Å². The Bertz CT molecular complexity index is 1140. The van der Waals surface area contributed by atoms with Gasteiger partial charge in [-0.05, 0) is 92.3 Å². The average molecular weight is 530 g/mol. The van der Waals surface area contributed by atoms with Crippen molar-refractivity contribution in [2.24, 2.45) is 11.8 Å². The molecular weight excluding hydrogens is 495 g/mol. The van der Waals surface area contributed by atoms with Crippen molar-refractivity contribution >= 4 is 35.1 Å². The average Bonchev–Trinajstić information content (AvgIpc) is 3.65. The zero-order chi connectivity index (χ0) is 25.3. The molecule has 2 aliphatic carbocycles. The molecule has 5 rings (SSSR count). The molecule has 0 bridgehead atoms. The van der Waals surface area contributed by atoms with Gasteiger partial charge in [-0.25, -0.2) is 0 Å². The summed E-state index contributed by atoms with van der Waals surface area (Å²) in [6.45, 7) is 4.81. The van der Waals surface area contributed by atoms with Crippen LogP contribution < -0.4 is 10.1 Å². The Kier molecular flexibility index (Phi) is 7.62. The topological polar surface area (TPSA) is 58.6 Å². The molecule has 1 amide bonds. The molecule has 0 spiro atoms. The number of nitrogens with one attached hydrogen (secondary N) is 1. The van der Waals surface area contributed by atoms with E-state index in [4.69, 9.17) is 27.9 Å². The van der Waals surface area contributed by atoms with Gasteiger partial charge in [-0.2, -0.15) is 0 Å². The highest BCUT2D eigenvalue weighted by molar-refractivity contribution is 6.42. The molecule has 1 aliphatic heterocycles. The molecule has 0 radical (unpaired) electrons. The quantitative estimate of drug-likeness (QED) is 0.364. The first kappa shape index (κ1) is 25.6. The van der Waals surface area contributed by atoms with Gasteiger partial charge < -0.3 is 15.0 Å². The second kappa shape index (κ2) is 10.7. The van der Waals surface area contributed by atoms with Crippen LogP contribution in [-0.2, 0) is 21.4 Å². The summed E-state index contributed by atoms with van der Waals surface area (Å²) < 4.78 is 5.44. The van der Waals surface area contributed by atoms with Gasteiger partial charge in [-0.15, -0.1) is 0 Å². The van der Waals surface area contributed by atoms with Gasteiger partial charge in [-0.3, -0.25) is 9.59 Å². The van der Waals surface area contributed by atoms with E-state index in [0.717, 1.165) is 50.3 Å². The van der Waals surface area contributed by atoms with E-state index in [1.165, 1.54) is 31.9 Å². The van der Waals surface area contributed by atoms with Crippen molar-refractivity contribution < 1.29 is 14.3 Å². The van der Waals surface area contributed by atoms with Crippen LogP contribution in [0.4, 0.5) is 0 Å². The SMILES string of the molecule is CC(=O)Oc1cccc([C@@]23CCN(CC4CC4)C[C@H]2CC[C@@H](NC(=O)Cc2ccc(Cl)c(Cl)c2)C3)c1. The fourth-order valence-corrected chi connectivity index (χ4v) is 6.64. The van der Waals surface area contributed by atoms with Crippen LogP contribution in [0.5, 0.6) is 5.75 Å². The van der Waals surface area contributed by atoms with Crippen molar-refractivity contribution in [2.45, 2.75) is 63.3 Å². The van der Waals surface area contributed by atoms with Crippen LogP contribution in [0.2, 0.25) is 10.0 Å². The summed E-state index contributed by atoms with van der Waals surface area (Å²) in [6.07, 6.45) is 6.99. The van der Waals surface area contributed by atoms with Gasteiger partial charge in [0.15, 0.2) is 0 Å². The lowest BCUT2D eigenvalue weighted by Gasteiger charge is -2.53. The van der Waals surface area contributed by atoms with Gasteiger partial charge in [0.05, 0.1) is 16.5 Å². The first-order valence-corrected chi connectivity index (χ1v) is 13.8. The van der Waals surface area contributed by atoms with Gasteiger partial charge in [0, 0.05) is 31.5 Å². The van der Waals surface area contributed by atoms with E-state index >= 15 is 0 Å². The summed E-state index contributed by atoms with van der Waals surface area (Å²) in [5.74, 6) is 1.69. The lowest BCUT2D eigenvalue weighted by molar-refractivity contribution is -0.132. The number of fused-ring (bicyclic) bond motifs is 1. The van der Waals surface area contributed by atoms with Crippen LogP contribution in [0, 0.1) is 11.8 Å². The highest BCUT2D eigenvalue weighted by atomic mass is 35.5. The number of carbonyl (C=O) groups is 2. The molecular formula is C29H34Cl2N2O3. The highest BCUT2D eigenvalue weighted by Gasteiger charge is 2.48. The Balaban J connectivity index is 1.34. The monoisotopic (exact) mass is 528 g/mol. The minimum Gasteiger partial charge on any atom is -0.427 e. The number of rotatable bonds is 7. The molecule has 7 heteroatoms. The van der Waals surface area contributed by atoms with Crippen molar-refractivity contribution in [1.82, 2.24) is 10.2 Å². The zero-order valence-electron chi connectivity index (χ0n) is 20.8. The van der Waals surface area contributed by atoms with Crippen LogP contribution in [0.1, 0.15) is 56.6 Å². The van der Waals surface area contributed by atoms with E-state index in [1.54, 1.807) is 12.1 Å². The molecule has 2 aromatic rings. The van der Waals surface area contributed by atoms with Crippen molar-refractivity contribution in [2.75, 3.05) is 19.6 Å². The largest absolute Gasteiger partial charge is 0.427 e. The number of halogens is 2. The van der Waals surface area contributed by atoms with Crippen molar-refractivity contribution in [3.05, 3.63) is 63.6 Å². The molecule has 1 saturated heterocycles. The molecule has 3 fully saturated rings. The fraction of sp³-hybridized carbons (Fsp3) is 0.517. The third kappa shape index (κ3) is 5.90. The van der Waals surface area contributed by atoms with Gasteiger partial charge in [-0.1, -0.05) is 41.4 Å². The number of hydrogen-bond donors (Lipinski definition) is 1. The van der Waals surface area contributed by atoms with Crippen LogP contribution in [0.25, 0.3) is 0 Å². The maximum atomic E-state index is 13.0. The minimum absolute atomic E-state index is 0.00632. The third-order valence-corrected chi connectivity index (χ3v) is 8.95. The standard InChI is InChI=1S/C29H34Cl2N2O3/c1-19(34)36-25-4-2-3-22(15-25)29-11-12-33(17-20-5-6-20)18-23(29)8-9-24(16-29)32-28(35)14-21-7-10-26(30)27(31)13-21/h2-4,7,10,13,15,20,23-24H,5-6,8-9,11-12,14,16-18H2,1H3,(H,32,35)/t23-,24-,29+/m1/s1. The number of nitrogens with zero attached hydrogens (tertiary/aromatic N) is 1. The maximum Gasteiger partial charge on any atom is 0.308 e. The Labute approximate surface area is 223 Å². The van der Waals surface area contributed by atoms with Crippen LogP contribution >= 0.6 is 23.2 Å². The highest BCUT2D eigenvalue weighted by Crippen LogP contribution is 2.50. The summed E-state index contributed by atoms with van der Waals surface area (Å²) >= 11 is 12.2. The lowest BCUT2D eigenvalue weighted by atomic mass is 9.58. The van der Waals surface area contributed by atoms with Crippen molar-refractivity contribution in [3.8, 4) is 5.75 Å². The summed E-state index contributed by atoms with van der Waals surface area (Å²) in [7, 11) is 0. The third-order valence-electron chi connectivity index (χ3n) is 8.21. The minimum atomic E-state index is -0.309. The summed E-state index contributed by atoms with van der Waals surface area (Å²) in [5.41, 5.74) is 2.03. The molecule has 2 saturated carbocycles. The molecule has 1 heterocycles. The Morgan fingerprint density at radius 2 is 1.92 bits per heavy atom. The summed E-state index contributed by atoms with van der Waals surface area (Å²) in [5, 5.41) is 4.27. The Morgan fingerprint density at radius 3 is 2.67 bits per heavy atom. The fourth-order valence-electron chi connectivity index (χ4n) is 6.32. The predicted octanol–water partition coefficient (Wildman–Crippen LogP) is 5.80. The van der Waals surface area contributed by atoms with E-state index in [-0.39, 0.29) is 29.8 Å². The van der Waals surface area contributed by atoms with Crippen LogP contribution in [0.3, 0.4) is 0 Å². The second-order valence-corrected chi connectivity index (χ2v) is 11.7. The molecule has 0 aromatic heterocycles. The maximum absolute atomic E-state index is 13.0. The van der Waals surface area contributed by atoms with Crippen LogP contribution in [0.15, 0.2) is 42.5 Å².